The Labute approximate surface area is 133 Å². The molecule has 0 saturated carbocycles. The third-order valence-electron chi connectivity index (χ3n) is 3.51. The number of ether oxygens (including phenoxy) is 2. The maximum absolute atomic E-state index is 11.6. The molecule has 0 unspecified atom stereocenters. The molecule has 1 saturated heterocycles. The van der Waals surface area contributed by atoms with Crippen molar-refractivity contribution in [3.05, 3.63) is 0 Å². The molecule has 1 aliphatic heterocycles. The average molecular weight is 314 g/mol. The van der Waals surface area contributed by atoms with Crippen molar-refractivity contribution in [3.8, 4) is 0 Å². The number of carbonyl (C=O) groups excluding carboxylic acids is 2. The zero-order valence-corrected chi connectivity index (χ0v) is 14.2. The van der Waals surface area contributed by atoms with E-state index < -0.39 is 0 Å². The summed E-state index contributed by atoms with van der Waals surface area (Å²) in [6.45, 7) is 11.0. The first-order chi connectivity index (χ1) is 10.4. The molecule has 0 aromatic rings. The Balaban J connectivity index is 1.96. The number of nitrogens with zero attached hydrogens (tertiary/aromatic N) is 1. The zero-order valence-electron chi connectivity index (χ0n) is 14.2. The van der Waals surface area contributed by atoms with Crippen LogP contribution in [0.15, 0.2) is 0 Å². The first-order valence-corrected chi connectivity index (χ1v) is 8.13. The lowest BCUT2D eigenvalue weighted by Gasteiger charge is -2.26. The Bertz CT molecular complexity index is 347. The first kappa shape index (κ1) is 18.9. The van der Waals surface area contributed by atoms with Gasteiger partial charge in [0.15, 0.2) is 0 Å². The maximum Gasteiger partial charge on any atom is 0.305 e. The lowest BCUT2D eigenvalue weighted by Crippen LogP contribution is -2.37. The molecule has 1 heterocycles. The van der Waals surface area contributed by atoms with Crippen molar-refractivity contribution >= 4 is 11.9 Å². The fraction of sp³-hybridized carbons (Fsp3) is 0.875. The minimum Gasteiger partial charge on any atom is -0.466 e. The lowest BCUT2D eigenvalue weighted by atomic mass is 9.96. The van der Waals surface area contributed by atoms with Crippen LogP contribution in [-0.4, -0.2) is 62.8 Å². The number of nitrogens with one attached hydrogen (secondary N) is 1. The van der Waals surface area contributed by atoms with Crippen LogP contribution in [0.5, 0.6) is 0 Å². The molecule has 1 amide bonds. The molecule has 0 spiro atoms. The predicted molar refractivity (Wildman–Crippen MR) is 84.5 cm³/mol. The Hall–Kier alpha value is -1.14. The second kappa shape index (κ2) is 9.79. The van der Waals surface area contributed by atoms with Crippen molar-refractivity contribution < 1.29 is 19.1 Å². The van der Waals surface area contributed by atoms with E-state index in [-0.39, 0.29) is 17.3 Å². The number of morpholine rings is 1. The number of carbonyl (C=O) groups is 2. The fourth-order valence-electron chi connectivity index (χ4n) is 2.07. The monoisotopic (exact) mass is 314 g/mol. The van der Waals surface area contributed by atoms with E-state index in [2.05, 4.69) is 10.2 Å². The van der Waals surface area contributed by atoms with Gasteiger partial charge in [-0.25, -0.2) is 0 Å². The summed E-state index contributed by atoms with van der Waals surface area (Å²) in [4.78, 5) is 25.5. The molecule has 128 valence electrons. The van der Waals surface area contributed by atoms with Gasteiger partial charge >= 0.3 is 5.97 Å². The molecule has 1 aliphatic rings. The van der Waals surface area contributed by atoms with Crippen molar-refractivity contribution in [2.75, 3.05) is 46.0 Å². The Morgan fingerprint density at radius 2 is 1.86 bits per heavy atom. The zero-order chi connectivity index (χ0) is 16.4. The van der Waals surface area contributed by atoms with Crippen LogP contribution in [0.2, 0.25) is 0 Å². The Kier molecular flexibility index (Phi) is 8.42. The van der Waals surface area contributed by atoms with Crippen LogP contribution in [0.25, 0.3) is 0 Å². The Morgan fingerprint density at radius 1 is 1.18 bits per heavy atom. The molecule has 0 aliphatic carbocycles. The normalized spacial score (nSPS) is 16.3. The number of rotatable bonds is 8. The van der Waals surface area contributed by atoms with E-state index >= 15 is 0 Å². The predicted octanol–water partition coefficient (Wildman–Crippen LogP) is 1.19. The maximum atomic E-state index is 11.6. The summed E-state index contributed by atoms with van der Waals surface area (Å²) in [5, 5.41) is 2.82. The van der Waals surface area contributed by atoms with Gasteiger partial charge in [-0.2, -0.15) is 0 Å². The third-order valence-corrected chi connectivity index (χ3v) is 3.51. The standard InChI is InChI=1S/C16H30N2O4/c1-16(2,3)15(20)17-7-4-6-14(19)22-11-5-8-18-9-12-21-13-10-18/h4-13H2,1-3H3,(H,17,20). The minimum atomic E-state index is -0.389. The van der Waals surface area contributed by atoms with Crippen molar-refractivity contribution in [2.24, 2.45) is 5.41 Å². The molecule has 0 bridgehead atoms. The summed E-state index contributed by atoms with van der Waals surface area (Å²) >= 11 is 0. The van der Waals surface area contributed by atoms with Crippen LogP contribution in [0.4, 0.5) is 0 Å². The summed E-state index contributed by atoms with van der Waals surface area (Å²) in [6.07, 6.45) is 1.82. The van der Waals surface area contributed by atoms with Gasteiger partial charge in [0, 0.05) is 38.0 Å². The van der Waals surface area contributed by atoms with Crippen molar-refractivity contribution in [3.63, 3.8) is 0 Å². The second-order valence-electron chi connectivity index (χ2n) is 6.64. The highest BCUT2D eigenvalue weighted by Gasteiger charge is 2.20. The highest BCUT2D eigenvalue weighted by atomic mass is 16.5. The van der Waals surface area contributed by atoms with Crippen molar-refractivity contribution in [2.45, 2.75) is 40.0 Å². The molecule has 0 aromatic carbocycles. The van der Waals surface area contributed by atoms with Crippen LogP contribution in [-0.2, 0) is 19.1 Å². The average Bonchev–Trinajstić information content (AvgIpc) is 2.48. The van der Waals surface area contributed by atoms with Crippen LogP contribution < -0.4 is 5.32 Å². The van der Waals surface area contributed by atoms with Crippen LogP contribution in [0.1, 0.15) is 40.0 Å². The summed E-state index contributed by atoms with van der Waals surface area (Å²) in [7, 11) is 0. The van der Waals surface area contributed by atoms with E-state index in [1.54, 1.807) is 0 Å². The molecule has 0 radical (unpaired) electrons. The van der Waals surface area contributed by atoms with Gasteiger partial charge in [-0.1, -0.05) is 20.8 Å². The van der Waals surface area contributed by atoms with Gasteiger partial charge < -0.3 is 14.8 Å². The summed E-state index contributed by atoms with van der Waals surface area (Å²) in [5.41, 5.74) is -0.389. The van der Waals surface area contributed by atoms with Gasteiger partial charge in [0.2, 0.25) is 5.91 Å². The molecule has 0 aromatic heterocycles. The number of hydrogen-bond donors (Lipinski definition) is 1. The van der Waals surface area contributed by atoms with Gasteiger partial charge in [-0.3, -0.25) is 14.5 Å². The number of esters is 1. The molecule has 1 rings (SSSR count). The molecule has 22 heavy (non-hydrogen) atoms. The minimum absolute atomic E-state index is 0.00591. The van der Waals surface area contributed by atoms with Crippen molar-refractivity contribution in [1.29, 1.82) is 0 Å². The van der Waals surface area contributed by atoms with E-state index in [1.165, 1.54) is 0 Å². The van der Waals surface area contributed by atoms with Crippen LogP contribution in [0.3, 0.4) is 0 Å². The quantitative estimate of drug-likeness (QED) is 0.538. The fourth-order valence-corrected chi connectivity index (χ4v) is 2.07. The molecule has 1 fully saturated rings. The molecule has 6 nitrogen and oxygen atoms in total. The highest BCUT2D eigenvalue weighted by molar-refractivity contribution is 5.81. The topological polar surface area (TPSA) is 67.9 Å². The largest absolute Gasteiger partial charge is 0.466 e. The molecule has 0 atom stereocenters. The summed E-state index contributed by atoms with van der Waals surface area (Å²) < 4.78 is 10.5. The molecule has 6 heteroatoms. The van der Waals surface area contributed by atoms with E-state index in [0.717, 1.165) is 39.3 Å². The SMILES string of the molecule is CC(C)(C)C(=O)NCCCC(=O)OCCCN1CCOCC1. The van der Waals surface area contributed by atoms with E-state index in [1.807, 2.05) is 20.8 Å². The molecule has 1 N–H and O–H groups in total. The third kappa shape index (κ3) is 8.34. The number of hydrogen-bond acceptors (Lipinski definition) is 5. The molecular formula is C16H30N2O4. The van der Waals surface area contributed by atoms with Crippen LogP contribution in [0, 0.1) is 5.41 Å². The summed E-state index contributed by atoms with van der Waals surface area (Å²) in [5.74, 6) is -0.182. The smallest absolute Gasteiger partial charge is 0.305 e. The summed E-state index contributed by atoms with van der Waals surface area (Å²) in [6, 6.07) is 0. The van der Waals surface area contributed by atoms with Gasteiger partial charge in [0.1, 0.15) is 0 Å². The van der Waals surface area contributed by atoms with Gasteiger partial charge in [-0.05, 0) is 12.8 Å². The second-order valence-corrected chi connectivity index (χ2v) is 6.64. The van der Waals surface area contributed by atoms with Gasteiger partial charge in [0.25, 0.3) is 0 Å². The van der Waals surface area contributed by atoms with Crippen LogP contribution >= 0.6 is 0 Å². The molecular weight excluding hydrogens is 284 g/mol. The lowest BCUT2D eigenvalue weighted by molar-refractivity contribution is -0.144. The number of amides is 1. The first-order valence-electron chi connectivity index (χ1n) is 8.13. The Morgan fingerprint density at radius 3 is 2.50 bits per heavy atom. The van der Waals surface area contributed by atoms with Crippen molar-refractivity contribution in [1.82, 2.24) is 10.2 Å². The van der Waals surface area contributed by atoms with E-state index in [4.69, 9.17) is 9.47 Å². The van der Waals surface area contributed by atoms with Gasteiger partial charge in [0.05, 0.1) is 19.8 Å². The van der Waals surface area contributed by atoms with E-state index in [9.17, 15) is 9.59 Å². The highest BCUT2D eigenvalue weighted by Crippen LogP contribution is 2.12. The van der Waals surface area contributed by atoms with E-state index in [0.29, 0.717) is 26.0 Å². The van der Waals surface area contributed by atoms with Gasteiger partial charge in [-0.15, -0.1) is 0 Å².